The summed E-state index contributed by atoms with van der Waals surface area (Å²) in [6.45, 7) is 3.82. The van der Waals surface area contributed by atoms with Crippen LogP contribution in [0.5, 0.6) is 0 Å². The van der Waals surface area contributed by atoms with E-state index in [0.717, 1.165) is 25.0 Å². The van der Waals surface area contributed by atoms with Gasteiger partial charge in [0.1, 0.15) is 0 Å². The molecular weight excluding hydrogens is 426 g/mol. The lowest BCUT2D eigenvalue weighted by Gasteiger charge is -2.13. The minimum Gasteiger partial charge on any atom is -0.203 e. The fourth-order valence-electron chi connectivity index (χ4n) is 3.68. The lowest BCUT2D eigenvalue weighted by atomic mass is 9.95. The van der Waals surface area contributed by atoms with Gasteiger partial charge in [-0.3, -0.25) is 0 Å². The second-order valence-corrected chi connectivity index (χ2v) is 7.80. The van der Waals surface area contributed by atoms with Crippen molar-refractivity contribution in [1.29, 1.82) is 0 Å². The molecule has 3 rings (SSSR count). The Balaban J connectivity index is 2.03. The van der Waals surface area contributed by atoms with E-state index in [1.807, 2.05) is 13.8 Å². The minimum absolute atomic E-state index is 0.159. The lowest BCUT2D eigenvalue weighted by molar-refractivity contribution is 0.491. The quantitative estimate of drug-likeness (QED) is 0.302. The normalized spacial score (nSPS) is 11.2. The molecule has 0 amide bonds. The summed E-state index contributed by atoms with van der Waals surface area (Å²) in [6, 6.07) is 7.17. The number of hydrogen-bond acceptors (Lipinski definition) is 0. The first kappa shape index (κ1) is 23.9. The standard InChI is InChI=1S/C26H24F6/c1-3-5-7-15-9-11-17(23(29)21(15)27)19-13-14-20(26(32)25(19)31)18-12-10-16(8-6-4-2)22(28)24(18)30/h9-14H,3-8H2,1-2H3. The van der Waals surface area contributed by atoms with Gasteiger partial charge in [0, 0.05) is 22.3 Å². The van der Waals surface area contributed by atoms with Gasteiger partial charge in [-0.25, -0.2) is 26.3 Å². The van der Waals surface area contributed by atoms with E-state index in [1.54, 1.807) is 0 Å². The highest BCUT2D eigenvalue weighted by atomic mass is 19.2. The van der Waals surface area contributed by atoms with Crippen LogP contribution >= 0.6 is 0 Å². The third kappa shape index (κ3) is 4.54. The van der Waals surface area contributed by atoms with Gasteiger partial charge < -0.3 is 0 Å². The highest BCUT2D eigenvalue weighted by Crippen LogP contribution is 2.36. The van der Waals surface area contributed by atoms with Crippen LogP contribution in [-0.2, 0) is 12.8 Å². The molecule has 3 aromatic rings. The molecule has 0 aliphatic rings. The number of aryl methyl sites for hydroxylation is 2. The van der Waals surface area contributed by atoms with Crippen molar-refractivity contribution >= 4 is 0 Å². The van der Waals surface area contributed by atoms with Crippen LogP contribution in [0, 0.1) is 34.9 Å². The Bertz CT molecular complexity index is 1030. The van der Waals surface area contributed by atoms with Crippen LogP contribution in [0.15, 0.2) is 36.4 Å². The molecule has 0 aliphatic carbocycles. The zero-order valence-corrected chi connectivity index (χ0v) is 18.0. The molecular formula is C26H24F6. The van der Waals surface area contributed by atoms with E-state index in [-0.39, 0.29) is 11.1 Å². The van der Waals surface area contributed by atoms with Crippen LogP contribution < -0.4 is 0 Å². The molecule has 0 saturated heterocycles. The third-order valence-electron chi connectivity index (χ3n) is 5.59. The van der Waals surface area contributed by atoms with Gasteiger partial charge in [-0.05, 0) is 36.8 Å². The van der Waals surface area contributed by atoms with Crippen molar-refractivity contribution in [3.63, 3.8) is 0 Å². The smallest absolute Gasteiger partial charge is 0.167 e. The summed E-state index contributed by atoms with van der Waals surface area (Å²) in [5.41, 5.74) is -1.55. The molecule has 0 aromatic heterocycles. The second kappa shape index (κ2) is 10.2. The van der Waals surface area contributed by atoms with E-state index < -0.39 is 57.2 Å². The lowest BCUT2D eigenvalue weighted by Crippen LogP contribution is -2.02. The molecule has 0 heterocycles. The first-order chi connectivity index (χ1) is 15.3. The molecule has 0 bridgehead atoms. The number of halogens is 6. The second-order valence-electron chi connectivity index (χ2n) is 7.80. The van der Waals surface area contributed by atoms with Crippen LogP contribution in [0.25, 0.3) is 22.3 Å². The molecule has 170 valence electrons. The van der Waals surface area contributed by atoms with Crippen molar-refractivity contribution < 1.29 is 26.3 Å². The molecule has 0 radical (unpaired) electrons. The Morgan fingerprint density at radius 1 is 0.438 bits per heavy atom. The molecule has 0 spiro atoms. The summed E-state index contributed by atoms with van der Waals surface area (Å²) in [7, 11) is 0. The Morgan fingerprint density at radius 3 is 1.03 bits per heavy atom. The number of hydrogen-bond donors (Lipinski definition) is 0. The van der Waals surface area contributed by atoms with E-state index in [1.165, 1.54) is 24.3 Å². The van der Waals surface area contributed by atoms with E-state index in [2.05, 4.69) is 0 Å². The predicted octanol–water partition coefficient (Wildman–Crippen LogP) is 8.54. The molecule has 0 saturated carbocycles. The summed E-state index contributed by atoms with van der Waals surface area (Å²) in [6.07, 6.45) is 3.56. The highest BCUT2D eigenvalue weighted by Gasteiger charge is 2.23. The number of unbranched alkanes of at least 4 members (excludes halogenated alkanes) is 2. The SMILES string of the molecule is CCCCc1ccc(-c2ccc(-c3ccc(CCCC)c(F)c3F)c(F)c2F)c(F)c1F. The van der Waals surface area contributed by atoms with Crippen LogP contribution in [0.2, 0.25) is 0 Å². The van der Waals surface area contributed by atoms with Crippen LogP contribution in [-0.4, -0.2) is 0 Å². The third-order valence-corrected chi connectivity index (χ3v) is 5.59. The summed E-state index contributed by atoms with van der Waals surface area (Å²) in [4.78, 5) is 0. The predicted molar refractivity (Wildman–Crippen MR) is 114 cm³/mol. The van der Waals surface area contributed by atoms with E-state index in [0.29, 0.717) is 25.7 Å². The van der Waals surface area contributed by atoms with Gasteiger partial charge in [0.25, 0.3) is 0 Å². The Kier molecular flexibility index (Phi) is 7.64. The minimum atomic E-state index is -1.46. The van der Waals surface area contributed by atoms with Gasteiger partial charge in [-0.1, -0.05) is 63.1 Å². The zero-order valence-electron chi connectivity index (χ0n) is 18.0. The zero-order chi connectivity index (χ0) is 23.4. The van der Waals surface area contributed by atoms with Crippen LogP contribution in [0.4, 0.5) is 26.3 Å². The Hall–Kier alpha value is -2.76. The topological polar surface area (TPSA) is 0 Å². The van der Waals surface area contributed by atoms with Crippen molar-refractivity contribution in [1.82, 2.24) is 0 Å². The molecule has 0 aliphatic heterocycles. The average molecular weight is 450 g/mol. The fourth-order valence-corrected chi connectivity index (χ4v) is 3.68. The molecule has 0 N–H and O–H groups in total. The molecule has 32 heavy (non-hydrogen) atoms. The Labute approximate surface area is 183 Å². The van der Waals surface area contributed by atoms with Gasteiger partial charge in [0.15, 0.2) is 34.9 Å². The van der Waals surface area contributed by atoms with E-state index in [9.17, 15) is 26.3 Å². The van der Waals surface area contributed by atoms with Gasteiger partial charge in [-0.15, -0.1) is 0 Å². The number of rotatable bonds is 8. The molecule has 3 aromatic carbocycles. The summed E-state index contributed by atoms with van der Waals surface area (Å²) in [5.74, 6) is -7.68. The molecule has 0 unspecified atom stereocenters. The highest BCUT2D eigenvalue weighted by molar-refractivity contribution is 5.73. The largest absolute Gasteiger partial charge is 0.203 e. The molecule has 0 nitrogen and oxygen atoms in total. The molecule has 6 heteroatoms. The van der Waals surface area contributed by atoms with Crippen molar-refractivity contribution in [3.05, 3.63) is 82.4 Å². The first-order valence-electron chi connectivity index (χ1n) is 10.7. The van der Waals surface area contributed by atoms with Crippen molar-refractivity contribution in [2.24, 2.45) is 0 Å². The van der Waals surface area contributed by atoms with E-state index in [4.69, 9.17) is 0 Å². The summed E-state index contributed by atoms with van der Waals surface area (Å²) >= 11 is 0. The van der Waals surface area contributed by atoms with Gasteiger partial charge in [0.05, 0.1) is 0 Å². The Morgan fingerprint density at radius 2 is 0.719 bits per heavy atom. The monoisotopic (exact) mass is 450 g/mol. The van der Waals surface area contributed by atoms with Gasteiger partial charge >= 0.3 is 0 Å². The van der Waals surface area contributed by atoms with Gasteiger partial charge in [-0.2, -0.15) is 0 Å². The first-order valence-corrected chi connectivity index (χ1v) is 10.7. The van der Waals surface area contributed by atoms with Crippen LogP contribution in [0.1, 0.15) is 50.7 Å². The van der Waals surface area contributed by atoms with E-state index >= 15 is 0 Å². The summed E-state index contributed by atoms with van der Waals surface area (Å²) in [5, 5.41) is 0. The van der Waals surface area contributed by atoms with Crippen molar-refractivity contribution in [3.8, 4) is 22.3 Å². The average Bonchev–Trinajstić information content (AvgIpc) is 2.78. The molecule has 0 fully saturated rings. The summed E-state index contributed by atoms with van der Waals surface area (Å²) < 4.78 is 87.7. The maximum atomic E-state index is 14.8. The van der Waals surface area contributed by atoms with Crippen molar-refractivity contribution in [2.45, 2.75) is 52.4 Å². The molecule has 0 atom stereocenters. The number of benzene rings is 3. The van der Waals surface area contributed by atoms with Gasteiger partial charge in [0.2, 0.25) is 0 Å². The maximum absolute atomic E-state index is 14.8. The van der Waals surface area contributed by atoms with Crippen LogP contribution in [0.3, 0.4) is 0 Å². The fraction of sp³-hybridized carbons (Fsp3) is 0.308. The van der Waals surface area contributed by atoms with Crippen molar-refractivity contribution in [2.75, 3.05) is 0 Å². The maximum Gasteiger partial charge on any atom is 0.167 e.